The number of carbonyl (C=O) groups excluding carboxylic acids is 1. The van der Waals surface area contributed by atoms with Crippen LogP contribution in [0.4, 0.5) is 5.69 Å². The van der Waals surface area contributed by atoms with E-state index in [1.165, 1.54) is 26.4 Å². The predicted octanol–water partition coefficient (Wildman–Crippen LogP) is 2.75. The van der Waals surface area contributed by atoms with Gasteiger partial charge in [0.1, 0.15) is 5.75 Å². The summed E-state index contributed by atoms with van der Waals surface area (Å²) in [6.45, 7) is 3.84. The first-order chi connectivity index (χ1) is 13.8. The van der Waals surface area contributed by atoms with Gasteiger partial charge in [0.25, 0.3) is 0 Å². The first-order valence-electron chi connectivity index (χ1n) is 9.10. The molecule has 0 aliphatic rings. The van der Waals surface area contributed by atoms with Crippen LogP contribution < -0.4 is 19.5 Å². The molecule has 0 spiro atoms. The van der Waals surface area contributed by atoms with Gasteiger partial charge in [-0.2, -0.15) is 4.31 Å². The van der Waals surface area contributed by atoms with E-state index in [2.05, 4.69) is 5.32 Å². The van der Waals surface area contributed by atoms with Crippen molar-refractivity contribution in [3.8, 4) is 17.2 Å². The number of hydrogen-bond donors (Lipinski definition) is 1. The van der Waals surface area contributed by atoms with Crippen LogP contribution in [-0.4, -0.2) is 52.5 Å². The van der Waals surface area contributed by atoms with Gasteiger partial charge in [-0.3, -0.25) is 4.79 Å². The van der Waals surface area contributed by atoms with E-state index < -0.39 is 15.9 Å². The number of carbonyl (C=O) groups is 1. The van der Waals surface area contributed by atoms with Gasteiger partial charge in [0.2, 0.25) is 15.9 Å². The number of anilines is 1. The average Bonchev–Trinajstić information content (AvgIpc) is 2.72. The highest BCUT2D eigenvalue weighted by molar-refractivity contribution is 7.89. The van der Waals surface area contributed by atoms with Crippen molar-refractivity contribution in [1.82, 2.24) is 4.31 Å². The van der Waals surface area contributed by atoms with Crippen molar-refractivity contribution in [2.75, 3.05) is 39.2 Å². The van der Waals surface area contributed by atoms with E-state index in [0.717, 1.165) is 4.31 Å². The smallest absolute Gasteiger partial charge is 0.243 e. The number of amides is 1. The summed E-state index contributed by atoms with van der Waals surface area (Å²) in [6.07, 6.45) is 0. The fourth-order valence-corrected chi connectivity index (χ4v) is 4.07. The lowest BCUT2D eigenvalue weighted by molar-refractivity contribution is -0.116. The lowest BCUT2D eigenvalue weighted by Gasteiger charge is -2.20. The molecule has 8 nitrogen and oxygen atoms in total. The Kier molecular flexibility index (Phi) is 7.86. The minimum absolute atomic E-state index is 0.0988. The van der Waals surface area contributed by atoms with E-state index in [0.29, 0.717) is 29.5 Å². The van der Waals surface area contributed by atoms with Crippen molar-refractivity contribution in [2.24, 2.45) is 0 Å². The van der Waals surface area contributed by atoms with E-state index in [9.17, 15) is 13.2 Å². The Morgan fingerprint density at radius 3 is 2.21 bits per heavy atom. The molecular weight excluding hydrogens is 396 g/mol. The van der Waals surface area contributed by atoms with Gasteiger partial charge in [-0.1, -0.05) is 6.92 Å². The van der Waals surface area contributed by atoms with Crippen LogP contribution in [0.25, 0.3) is 0 Å². The van der Waals surface area contributed by atoms with Crippen molar-refractivity contribution >= 4 is 21.6 Å². The molecule has 0 saturated carbocycles. The van der Waals surface area contributed by atoms with Crippen LogP contribution in [0.5, 0.6) is 17.2 Å². The molecule has 1 amide bonds. The molecular formula is C20H26N2O6S. The van der Waals surface area contributed by atoms with Gasteiger partial charge in [0, 0.05) is 18.3 Å². The zero-order valence-electron chi connectivity index (χ0n) is 17.0. The fourth-order valence-electron chi connectivity index (χ4n) is 2.66. The van der Waals surface area contributed by atoms with Gasteiger partial charge in [-0.15, -0.1) is 0 Å². The quantitative estimate of drug-likeness (QED) is 0.633. The number of rotatable bonds is 10. The van der Waals surface area contributed by atoms with Crippen molar-refractivity contribution in [2.45, 2.75) is 18.7 Å². The highest BCUT2D eigenvalue weighted by atomic mass is 32.2. The molecule has 0 aliphatic carbocycles. The molecule has 1 N–H and O–H groups in total. The predicted molar refractivity (Wildman–Crippen MR) is 110 cm³/mol. The second-order valence-electron chi connectivity index (χ2n) is 5.95. The lowest BCUT2D eigenvalue weighted by Crippen LogP contribution is -2.37. The first kappa shape index (κ1) is 22.5. The van der Waals surface area contributed by atoms with Gasteiger partial charge in [-0.05, 0) is 43.3 Å². The molecule has 0 fully saturated rings. The second kappa shape index (κ2) is 10.1. The number of benzene rings is 2. The van der Waals surface area contributed by atoms with Gasteiger partial charge in [0.05, 0.1) is 32.3 Å². The van der Waals surface area contributed by atoms with Gasteiger partial charge in [-0.25, -0.2) is 8.42 Å². The molecule has 0 radical (unpaired) electrons. The summed E-state index contributed by atoms with van der Waals surface area (Å²) in [5, 5.41) is 2.68. The Labute approximate surface area is 171 Å². The highest BCUT2D eigenvalue weighted by Crippen LogP contribution is 2.29. The van der Waals surface area contributed by atoms with Crippen LogP contribution in [0, 0.1) is 0 Å². The summed E-state index contributed by atoms with van der Waals surface area (Å²) in [4.78, 5) is 12.5. The van der Waals surface area contributed by atoms with Crippen LogP contribution in [0.3, 0.4) is 0 Å². The first-order valence-corrected chi connectivity index (χ1v) is 10.5. The Morgan fingerprint density at radius 1 is 1.00 bits per heavy atom. The topological polar surface area (TPSA) is 94.2 Å². The Bertz CT molecular complexity index is 928. The molecule has 0 heterocycles. The maximum Gasteiger partial charge on any atom is 0.243 e. The molecule has 9 heteroatoms. The maximum atomic E-state index is 12.9. The zero-order chi connectivity index (χ0) is 21.4. The van der Waals surface area contributed by atoms with Gasteiger partial charge in [0.15, 0.2) is 11.5 Å². The second-order valence-corrected chi connectivity index (χ2v) is 7.89. The van der Waals surface area contributed by atoms with Crippen LogP contribution >= 0.6 is 0 Å². The number of hydrogen-bond acceptors (Lipinski definition) is 6. The minimum atomic E-state index is -3.82. The van der Waals surface area contributed by atoms with E-state index in [-0.39, 0.29) is 18.0 Å². The molecule has 0 aromatic heterocycles. The molecule has 0 unspecified atom stereocenters. The summed E-state index contributed by atoms with van der Waals surface area (Å²) in [5.41, 5.74) is 0.474. The highest BCUT2D eigenvalue weighted by Gasteiger charge is 2.25. The zero-order valence-corrected chi connectivity index (χ0v) is 17.8. The van der Waals surface area contributed by atoms with Crippen LogP contribution in [0.1, 0.15) is 13.8 Å². The number of nitrogens with one attached hydrogen (secondary N) is 1. The number of ether oxygens (including phenoxy) is 3. The van der Waals surface area contributed by atoms with Crippen LogP contribution in [-0.2, 0) is 14.8 Å². The number of likely N-dealkylation sites (N-methyl/N-ethyl adjacent to an activating group) is 1. The molecule has 2 rings (SSSR count). The van der Waals surface area contributed by atoms with E-state index in [1.54, 1.807) is 37.3 Å². The van der Waals surface area contributed by atoms with Crippen LogP contribution in [0.15, 0.2) is 47.4 Å². The molecule has 158 valence electrons. The van der Waals surface area contributed by atoms with E-state index >= 15 is 0 Å². The average molecular weight is 423 g/mol. The normalized spacial score (nSPS) is 11.2. The summed E-state index contributed by atoms with van der Waals surface area (Å²) in [5.74, 6) is 1.10. The minimum Gasteiger partial charge on any atom is -0.494 e. The third kappa shape index (κ3) is 5.61. The van der Waals surface area contributed by atoms with Crippen molar-refractivity contribution < 1.29 is 27.4 Å². The maximum absolute atomic E-state index is 12.9. The van der Waals surface area contributed by atoms with Crippen molar-refractivity contribution in [3.05, 3.63) is 42.5 Å². The molecule has 0 saturated heterocycles. The Hall–Kier alpha value is -2.78. The molecule has 2 aromatic carbocycles. The number of methoxy groups -OCH3 is 2. The SMILES string of the molecule is CCOc1ccc(S(=O)(=O)N(CC)CC(=O)Nc2ccc(OC)c(OC)c2)cc1. The molecule has 0 atom stereocenters. The molecule has 0 bridgehead atoms. The number of nitrogens with zero attached hydrogens (tertiary/aromatic N) is 1. The monoisotopic (exact) mass is 422 g/mol. The summed E-state index contributed by atoms with van der Waals surface area (Å²) in [7, 11) is -0.815. The van der Waals surface area contributed by atoms with Crippen molar-refractivity contribution in [3.63, 3.8) is 0 Å². The standard InChI is InChI=1S/C20H26N2O6S/c1-5-22(29(24,25)17-10-8-16(9-11-17)28-6-2)14-20(23)21-15-7-12-18(26-3)19(13-15)27-4/h7-13H,5-6,14H2,1-4H3,(H,21,23). The van der Waals surface area contributed by atoms with E-state index in [1.807, 2.05) is 6.92 Å². The largest absolute Gasteiger partial charge is 0.494 e. The lowest BCUT2D eigenvalue weighted by atomic mass is 10.2. The third-order valence-electron chi connectivity index (χ3n) is 4.11. The van der Waals surface area contributed by atoms with Gasteiger partial charge >= 0.3 is 0 Å². The van der Waals surface area contributed by atoms with Crippen LogP contribution in [0.2, 0.25) is 0 Å². The Balaban J connectivity index is 2.12. The van der Waals surface area contributed by atoms with E-state index in [4.69, 9.17) is 14.2 Å². The van der Waals surface area contributed by atoms with Gasteiger partial charge < -0.3 is 19.5 Å². The number of sulfonamides is 1. The Morgan fingerprint density at radius 2 is 1.66 bits per heavy atom. The summed E-state index contributed by atoms with van der Waals surface area (Å²) in [6, 6.07) is 11.0. The summed E-state index contributed by atoms with van der Waals surface area (Å²) >= 11 is 0. The molecule has 0 aliphatic heterocycles. The summed E-state index contributed by atoms with van der Waals surface area (Å²) < 4.78 is 42.6. The fraction of sp³-hybridized carbons (Fsp3) is 0.350. The third-order valence-corrected chi connectivity index (χ3v) is 6.05. The molecule has 2 aromatic rings. The molecule has 29 heavy (non-hydrogen) atoms. The van der Waals surface area contributed by atoms with Crippen molar-refractivity contribution in [1.29, 1.82) is 0 Å².